The standard InChI is InChI=1S/C15H16INO2/c1-10(17-12-5-3-11(16)4-6-12)14-8-7-13(19-2)9-15(14)18/h3-10,17-18H,1-2H3. The van der Waals surface area contributed by atoms with Crippen LogP contribution in [0.3, 0.4) is 0 Å². The molecule has 0 aliphatic heterocycles. The second-order valence-corrected chi connectivity index (χ2v) is 5.54. The van der Waals surface area contributed by atoms with Crippen molar-refractivity contribution in [2.45, 2.75) is 13.0 Å². The van der Waals surface area contributed by atoms with Crippen LogP contribution in [0.15, 0.2) is 42.5 Å². The van der Waals surface area contributed by atoms with E-state index < -0.39 is 0 Å². The van der Waals surface area contributed by atoms with E-state index in [0.717, 1.165) is 11.3 Å². The van der Waals surface area contributed by atoms with Crippen molar-refractivity contribution in [3.05, 3.63) is 51.6 Å². The zero-order chi connectivity index (χ0) is 13.8. The quantitative estimate of drug-likeness (QED) is 0.795. The molecular formula is C15H16INO2. The maximum Gasteiger partial charge on any atom is 0.124 e. The van der Waals surface area contributed by atoms with Gasteiger partial charge in [-0.1, -0.05) is 0 Å². The van der Waals surface area contributed by atoms with Crippen molar-refractivity contribution in [3.63, 3.8) is 0 Å². The van der Waals surface area contributed by atoms with Crippen LogP contribution in [0.5, 0.6) is 11.5 Å². The second kappa shape index (κ2) is 6.14. The Hall–Kier alpha value is -1.43. The summed E-state index contributed by atoms with van der Waals surface area (Å²) in [5.74, 6) is 0.896. The smallest absolute Gasteiger partial charge is 0.124 e. The third-order valence-corrected chi connectivity index (χ3v) is 3.65. The summed E-state index contributed by atoms with van der Waals surface area (Å²) in [6.45, 7) is 2.01. The van der Waals surface area contributed by atoms with E-state index in [4.69, 9.17) is 4.74 Å². The molecule has 0 amide bonds. The highest BCUT2D eigenvalue weighted by atomic mass is 127. The number of halogens is 1. The zero-order valence-corrected chi connectivity index (χ0v) is 13.0. The summed E-state index contributed by atoms with van der Waals surface area (Å²) < 4.78 is 6.28. The zero-order valence-electron chi connectivity index (χ0n) is 10.9. The van der Waals surface area contributed by atoms with E-state index in [0.29, 0.717) is 5.75 Å². The van der Waals surface area contributed by atoms with Crippen LogP contribution in [0.25, 0.3) is 0 Å². The Bertz CT molecular complexity index is 555. The van der Waals surface area contributed by atoms with Gasteiger partial charge >= 0.3 is 0 Å². The molecule has 100 valence electrons. The minimum Gasteiger partial charge on any atom is -0.507 e. The first-order valence-corrected chi connectivity index (χ1v) is 7.07. The molecule has 0 heterocycles. The van der Waals surface area contributed by atoms with E-state index in [9.17, 15) is 5.11 Å². The van der Waals surface area contributed by atoms with Crippen molar-refractivity contribution in [2.75, 3.05) is 12.4 Å². The third kappa shape index (κ3) is 3.53. The number of phenols is 1. The fraction of sp³-hybridized carbons (Fsp3) is 0.200. The lowest BCUT2D eigenvalue weighted by Gasteiger charge is -2.17. The van der Waals surface area contributed by atoms with Gasteiger partial charge in [0.25, 0.3) is 0 Å². The van der Waals surface area contributed by atoms with E-state index >= 15 is 0 Å². The van der Waals surface area contributed by atoms with Crippen molar-refractivity contribution in [3.8, 4) is 11.5 Å². The highest BCUT2D eigenvalue weighted by Crippen LogP contribution is 2.30. The van der Waals surface area contributed by atoms with Gasteiger partial charge in [0.2, 0.25) is 0 Å². The predicted molar refractivity (Wildman–Crippen MR) is 85.9 cm³/mol. The average Bonchev–Trinajstić information content (AvgIpc) is 2.41. The van der Waals surface area contributed by atoms with Gasteiger partial charge in [0, 0.05) is 20.9 Å². The van der Waals surface area contributed by atoms with Gasteiger partial charge in [-0.2, -0.15) is 0 Å². The van der Waals surface area contributed by atoms with E-state index in [1.165, 1.54) is 3.57 Å². The molecule has 0 bridgehead atoms. The van der Waals surface area contributed by atoms with Crippen LogP contribution in [0, 0.1) is 3.57 Å². The summed E-state index contributed by atoms with van der Waals surface area (Å²) in [6, 6.07) is 13.5. The number of hydrogen-bond acceptors (Lipinski definition) is 3. The van der Waals surface area contributed by atoms with Crippen LogP contribution in [0.2, 0.25) is 0 Å². The fourth-order valence-electron chi connectivity index (χ4n) is 1.89. The third-order valence-electron chi connectivity index (χ3n) is 2.93. The van der Waals surface area contributed by atoms with Crippen LogP contribution in [0.1, 0.15) is 18.5 Å². The van der Waals surface area contributed by atoms with Crippen molar-refractivity contribution < 1.29 is 9.84 Å². The average molecular weight is 369 g/mol. The van der Waals surface area contributed by atoms with Gasteiger partial charge in [-0.25, -0.2) is 0 Å². The molecule has 0 aromatic heterocycles. The predicted octanol–water partition coefficient (Wildman–Crippen LogP) is 4.18. The van der Waals surface area contributed by atoms with E-state index in [1.807, 2.05) is 43.3 Å². The monoisotopic (exact) mass is 369 g/mol. The molecule has 0 fully saturated rings. The minimum atomic E-state index is 0.0194. The van der Waals surface area contributed by atoms with Crippen LogP contribution in [-0.4, -0.2) is 12.2 Å². The number of rotatable bonds is 4. The Morgan fingerprint density at radius 3 is 2.42 bits per heavy atom. The molecule has 0 radical (unpaired) electrons. The Morgan fingerprint density at radius 2 is 1.84 bits per heavy atom. The highest BCUT2D eigenvalue weighted by Gasteiger charge is 2.11. The number of phenolic OH excluding ortho intramolecular Hbond substituents is 1. The molecule has 2 N–H and O–H groups in total. The van der Waals surface area contributed by atoms with Gasteiger partial charge in [-0.3, -0.25) is 0 Å². The van der Waals surface area contributed by atoms with E-state index in [-0.39, 0.29) is 11.8 Å². The molecular weight excluding hydrogens is 353 g/mol. The largest absolute Gasteiger partial charge is 0.507 e. The summed E-state index contributed by atoms with van der Waals surface area (Å²) in [4.78, 5) is 0. The number of hydrogen-bond donors (Lipinski definition) is 2. The van der Waals surface area contributed by atoms with Crippen LogP contribution in [-0.2, 0) is 0 Å². The van der Waals surface area contributed by atoms with Crippen LogP contribution in [0.4, 0.5) is 5.69 Å². The number of ether oxygens (including phenoxy) is 1. The second-order valence-electron chi connectivity index (χ2n) is 4.30. The van der Waals surface area contributed by atoms with Gasteiger partial charge in [-0.05, 0) is 65.9 Å². The van der Waals surface area contributed by atoms with E-state index in [1.54, 1.807) is 13.2 Å². The number of nitrogens with one attached hydrogen (secondary N) is 1. The van der Waals surface area contributed by atoms with Gasteiger partial charge in [0.15, 0.2) is 0 Å². The lowest BCUT2D eigenvalue weighted by molar-refractivity contribution is 0.406. The van der Waals surface area contributed by atoms with Crippen LogP contribution < -0.4 is 10.1 Å². The summed E-state index contributed by atoms with van der Waals surface area (Å²) in [5, 5.41) is 13.4. The first kappa shape index (κ1) is 14.0. The van der Waals surface area contributed by atoms with Crippen molar-refractivity contribution in [1.82, 2.24) is 0 Å². The van der Waals surface area contributed by atoms with Gasteiger partial charge < -0.3 is 15.2 Å². The molecule has 1 atom stereocenters. The van der Waals surface area contributed by atoms with Crippen LogP contribution >= 0.6 is 22.6 Å². The molecule has 0 saturated heterocycles. The molecule has 2 aromatic rings. The molecule has 0 aliphatic carbocycles. The Morgan fingerprint density at radius 1 is 1.16 bits per heavy atom. The minimum absolute atomic E-state index is 0.0194. The van der Waals surface area contributed by atoms with Crippen molar-refractivity contribution >= 4 is 28.3 Å². The lowest BCUT2D eigenvalue weighted by atomic mass is 10.1. The van der Waals surface area contributed by atoms with Gasteiger partial charge in [-0.15, -0.1) is 0 Å². The molecule has 0 aliphatic rings. The molecule has 2 aromatic carbocycles. The first-order valence-electron chi connectivity index (χ1n) is 5.99. The summed E-state index contributed by atoms with van der Waals surface area (Å²) in [5.41, 5.74) is 1.88. The normalized spacial score (nSPS) is 11.9. The Balaban J connectivity index is 2.15. The maximum absolute atomic E-state index is 9.99. The molecule has 0 spiro atoms. The fourth-order valence-corrected chi connectivity index (χ4v) is 2.25. The first-order chi connectivity index (χ1) is 9.10. The Kier molecular flexibility index (Phi) is 4.52. The summed E-state index contributed by atoms with van der Waals surface area (Å²) in [7, 11) is 1.59. The summed E-state index contributed by atoms with van der Waals surface area (Å²) >= 11 is 2.27. The maximum atomic E-state index is 9.99. The Labute approximate surface area is 126 Å². The lowest BCUT2D eigenvalue weighted by Crippen LogP contribution is -2.06. The highest BCUT2D eigenvalue weighted by molar-refractivity contribution is 14.1. The van der Waals surface area contributed by atoms with E-state index in [2.05, 4.69) is 27.9 Å². The van der Waals surface area contributed by atoms with Crippen molar-refractivity contribution in [2.24, 2.45) is 0 Å². The molecule has 3 nitrogen and oxygen atoms in total. The number of anilines is 1. The molecule has 19 heavy (non-hydrogen) atoms. The topological polar surface area (TPSA) is 41.5 Å². The van der Waals surface area contributed by atoms with Crippen molar-refractivity contribution in [1.29, 1.82) is 0 Å². The number of aromatic hydroxyl groups is 1. The SMILES string of the molecule is COc1ccc(C(C)Nc2ccc(I)cc2)c(O)c1. The molecule has 0 saturated carbocycles. The molecule has 2 rings (SSSR count). The summed E-state index contributed by atoms with van der Waals surface area (Å²) in [6.07, 6.45) is 0. The van der Waals surface area contributed by atoms with Gasteiger partial charge in [0.05, 0.1) is 13.2 Å². The van der Waals surface area contributed by atoms with Gasteiger partial charge in [0.1, 0.15) is 11.5 Å². The molecule has 4 heteroatoms. The molecule has 1 unspecified atom stereocenters. The number of methoxy groups -OCH3 is 1. The number of benzene rings is 2.